The number of benzene rings is 1. The molecular formula is C16H18ClFN2O. The van der Waals surface area contributed by atoms with E-state index in [-0.39, 0.29) is 17.6 Å². The molecule has 1 N–H and O–H groups in total. The van der Waals surface area contributed by atoms with Crippen molar-refractivity contribution in [3.8, 4) is 5.75 Å². The lowest BCUT2D eigenvalue weighted by Gasteiger charge is -2.20. The van der Waals surface area contributed by atoms with Crippen LogP contribution in [0.1, 0.15) is 30.6 Å². The van der Waals surface area contributed by atoms with E-state index in [0.717, 1.165) is 18.7 Å². The molecule has 0 saturated carbocycles. The van der Waals surface area contributed by atoms with Gasteiger partial charge in [0, 0.05) is 11.8 Å². The number of nitrogens with zero attached hydrogens (tertiary/aromatic N) is 1. The molecule has 1 aromatic carbocycles. The molecule has 5 heteroatoms. The minimum Gasteiger partial charge on any atom is -0.494 e. The summed E-state index contributed by atoms with van der Waals surface area (Å²) in [5.74, 6) is -0.143. The van der Waals surface area contributed by atoms with E-state index >= 15 is 0 Å². The van der Waals surface area contributed by atoms with Gasteiger partial charge in [0.2, 0.25) is 0 Å². The van der Waals surface area contributed by atoms with Crippen molar-refractivity contribution in [2.24, 2.45) is 0 Å². The molecule has 0 aliphatic heterocycles. The molecule has 0 saturated heterocycles. The predicted molar refractivity (Wildman–Crippen MR) is 82.3 cm³/mol. The van der Waals surface area contributed by atoms with Gasteiger partial charge in [-0.2, -0.15) is 0 Å². The van der Waals surface area contributed by atoms with Gasteiger partial charge >= 0.3 is 0 Å². The molecule has 0 amide bonds. The molecule has 0 fully saturated rings. The molecule has 3 nitrogen and oxygen atoms in total. The van der Waals surface area contributed by atoms with Gasteiger partial charge in [-0.3, -0.25) is 4.98 Å². The lowest BCUT2D eigenvalue weighted by Crippen LogP contribution is -2.25. The Morgan fingerprint density at radius 3 is 2.76 bits per heavy atom. The van der Waals surface area contributed by atoms with Crippen molar-refractivity contribution in [1.29, 1.82) is 0 Å². The predicted octanol–water partition coefficient (Wildman–Crippen LogP) is 3.97. The van der Waals surface area contributed by atoms with Gasteiger partial charge < -0.3 is 10.1 Å². The van der Waals surface area contributed by atoms with Crippen molar-refractivity contribution < 1.29 is 9.13 Å². The van der Waals surface area contributed by atoms with Crippen molar-refractivity contribution in [2.75, 3.05) is 13.7 Å². The number of methoxy groups -OCH3 is 1. The second kappa shape index (κ2) is 7.38. The van der Waals surface area contributed by atoms with Gasteiger partial charge in [0.1, 0.15) is 0 Å². The molecule has 2 rings (SSSR count). The molecule has 21 heavy (non-hydrogen) atoms. The molecule has 0 radical (unpaired) electrons. The molecule has 1 unspecified atom stereocenters. The highest BCUT2D eigenvalue weighted by molar-refractivity contribution is 6.30. The Labute approximate surface area is 129 Å². The lowest BCUT2D eigenvalue weighted by atomic mass is 10.0. The molecular weight excluding hydrogens is 291 g/mol. The van der Waals surface area contributed by atoms with Gasteiger partial charge in [-0.25, -0.2) is 4.39 Å². The van der Waals surface area contributed by atoms with E-state index in [1.54, 1.807) is 36.5 Å². The Morgan fingerprint density at radius 2 is 2.14 bits per heavy atom. The van der Waals surface area contributed by atoms with Crippen LogP contribution in [0.5, 0.6) is 5.75 Å². The second-order valence-corrected chi connectivity index (χ2v) is 5.09. The number of ether oxygens (including phenoxy) is 1. The van der Waals surface area contributed by atoms with E-state index in [1.807, 2.05) is 0 Å². The first kappa shape index (κ1) is 15.7. The summed E-state index contributed by atoms with van der Waals surface area (Å²) in [5.41, 5.74) is 1.23. The summed E-state index contributed by atoms with van der Waals surface area (Å²) >= 11 is 5.87. The topological polar surface area (TPSA) is 34.2 Å². The summed E-state index contributed by atoms with van der Waals surface area (Å²) in [6.45, 7) is 2.81. The molecule has 112 valence electrons. The van der Waals surface area contributed by atoms with Crippen molar-refractivity contribution in [2.45, 2.75) is 19.4 Å². The van der Waals surface area contributed by atoms with Crippen LogP contribution in [-0.2, 0) is 0 Å². The third kappa shape index (κ3) is 3.71. The molecule has 0 spiro atoms. The van der Waals surface area contributed by atoms with E-state index in [9.17, 15) is 4.39 Å². The zero-order chi connectivity index (χ0) is 15.2. The number of rotatable bonds is 6. The number of hydrogen-bond donors (Lipinski definition) is 1. The molecule has 1 heterocycles. The third-order valence-electron chi connectivity index (χ3n) is 3.17. The first-order chi connectivity index (χ1) is 10.2. The highest BCUT2D eigenvalue weighted by Gasteiger charge is 2.20. The van der Waals surface area contributed by atoms with Crippen LogP contribution >= 0.6 is 11.6 Å². The fourth-order valence-corrected chi connectivity index (χ4v) is 2.24. The van der Waals surface area contributed by atoms with Gasteiger partial charge in [-0.1, -0.05) is 30.7 Å². The highest BCUT2D eigenvalue weighted by atomic mass is 35.5. The summed E-state index contributed by atoms with van der Waals surface area (Å²) in [4.78, 5) is 4.30. The van der Waals surface area contributed by atoms with E-state index in [0.29, 0.717) is 10.6 Å². The highest BCUT2D eigenvalue weighted by Crippen LogP contribution is 2.28. The maximum Gasteiger partial charge on any atom is 0.170 e. The Hall–Kier alpha value is -1.65. The van der Waals surface area contributed by atoms with Crippen LogP contribution in [0.25, 0.3) is 0 Å². The quantitative estimate of drug-likeness (QED) is 0.876. The van der Waals surface area contributed by atoms with E-state index in [4.69, 9.17) is 16.3 Å². The van der Waals surface area contributed by atoms with Crippen LogP contribution in [0.15, 0.2) is 36.5 Å². The number of nitrogens with one attached hydrogen (secondary N) is 1. The average molecular weight is 309 g/mol. The van der Waals surface area contributed by atoms with E-state index < -0.39 is 0 Å². The fraction of sp³-hybridized carbons (Fsp3) is 0.312. The molecule has 0 aliphatic carbocycles. The molecule has 1 atom stereocenters. The van der Waals surface area contributed by atoms with Crippen LogP contribution in [0.2, 0.25) is 5.02 Å². The van der Waals surface area contributed by atoms with E-state index in [1.165, 1.54) is 7.11 Å². The van der Waals surface area contributed by atoms with Crippen molar-refractivity contribution >= 4 is 11.6 Å². The minimum atomic E-state index is -0.370. The molecule has 0 bridgehead atoms. The SMILES string of the molecule is CCCNC(c1ccc(Cl)cn1)c1cccc(OC)c1F. The largest absolute Gasteiger partial charge is 0.494 e. The van der Waals surface area contributed by atoms with Crippen molar-refractivity contribution in [3.05, 3.63) is 58.6 Å². The summed E-state index contributed by atoms with van der Waals surface area (Å²) in [7, 11) is 1.46. The number of aromatic nitrogens is 1. The number of hydrogen-bond acceptors (Lipinski definition) is 3. The van der Waals surface area contributed by atoms with Crippen LogP contribution in [0, 0.1) is 5.82 Å². The third-order valence-corrected chi connectivity index (χ3v) is 3.39. The van der Waals surface area contributed by atoms with Crippen LogP contribution in [-0.4, -0.2) is 18.6 Å². The number of pyridine rings is 1. The molecule has 1 aromatic heterocycles. The minimum absolute atomic E-state index is 0.227. The Balaban J connectivity index is 2.42. The van der Waals surface area contributed by atoms with Gasteiger partial charge in [0.15, 0.2) is 11.6 Å². The zero-order valence-electron chi connectivity index (χ0n) is 12.1. The standard InChI is InChI=1S/C16H18ClFN2O/c1-3-9-19-16(13-8-7-11(17)10-20-13)12-5-4-6-14(21-2)15(12)18/h4-8,10,16,19H,3,9H2,1-2H3. The lowest BCUT2D eigenvalue weighted by molar-refractivity contribution is 0.381. The molecule has 0 aliphatic rings. The Kier molecular flexibility index (Phi) is 5.53. The van der Waals surface area contributed by atoms with Gasteiger partial charge in [-0.05, 0) is 31.2 Å². The summed E-state index contributed by atoms with van der Waals surface area (Å²) in [6.07, 6.45) is 2.51. The summed E-state index contributed by atoms with van der Waals surface area (Å²) < 4.78 is 19.5. The fourth-order valence-electron chi connectivity index (χ4n) is 2.13. The smallest absolute Gasteiger partial charge is 0.170 e. The van der Waals surface area contributed by atoms with Crippen molar-refractivity contribution in [3.63, 3.8) is 0 Å². The van der Waals surface area contributed by atoms with Gasteiger partial charge in [0.05, 0.1) is 23.9 Å². The van der Waals surface area contributed by atoms with Gasteiger partial charge in [0.25, 0.3) is 0 Å². The maximum atomic E-state index is 14.5. The maximum absolute atomic E-state index is 14.5. The van der Waals surface area contributed by atoms with Crippen LogP contribution in [0.4, 0.5) is 4.39 Å². The second-order valence-electron chi connectivity index (χ2n) is 4.65. The first-order valence-electron chi connectivity index (χ1n) is 6.84. The Morgan fingerprint density at radius 1 is 1.33 bits per heavy atom. The number of halogens is 2. The van der Waals surface area contributed by atoms with Crippen LogP contribution < -0.4 is 10.1 Å². The summed E-state index contributed by atoms with van der Waals surface area (Å²) in [6, 6.07) is 8.33. The normalized spacial score (nSPS) is 12.2. The Bertz CT molecular complexity index is 589. The summed E-state index contributed by atoms with van der Waals surface area (Å²) in [5, 5.41) is 3.87. The average Bonchev–Trinajstić information content (AvgIpc) is 2.50. The van der Waals surface area contributed by atoms with Crippen molar-refractivity contribution in [1.82, 2.24) is 10.3 Å². The van der Waals surface area contributed by atoms with Gasteiger partial charge in [-0.15, -0.1) is 0 Å². The first-order valence-corrected chi connectivity index (χ1v) is 7.22. The monoisotopic (exact) mass is 308 g/mol. The van der Waals surface area contributed by atoms with E-state index in [2.05, 4.69) is 17.2 Å². The van der Waals surface area contributed by atoms with Crippen LogP contribution in [0.3, 0.4) is 0 Å². The zero-order valence-corrected chi connectivity index (χ0v) is 12.8. The molecule has 2 aromatic rings.